The number of anilines is 1. The Bertz CT molecular complexity index is 961. The van der Waals surface area contributed by atoms with Crippen molar-refractivity contribution in [3.8, 4) is 5.75 Å². The molecule has 1 fully saturated rings. The van der Waals surface area contributed by atoms with Gasteiger partial charge in [0.05, 0.1) is 11.7 Å². The minimum absolute atomic E-state index is 0.0404. The molecule has 2 N–H and O–H groups in total. The molecule has 1 aliphatic rings. The summed E-state index contributed by atoms with van der Waals surface area (Å²) < 4.78 is 41.1. The Hall–Kier alpha value is -3.27. The molecule has 3 aromatic rings. The maximum atomic E-state index is 12.2. The molecular weight excluding hydrogens is 437 g/mol. The number of aliphatic hydroxyl groups is 1. The average Bonchev–Trinajstić information content (AvgIpc) is 3.47. The molecule has 33 heavy (non-hydrogen) atoms. The summed E-state index contributed by atoms with van der Waals surface area (Å²) >= 11 is 0. The second kappa shape index (κ2) is 14.0. The normalized spacial score (nSPS) is 12.6. The zero-order chi connectivity index (χ0) is 24.1. The first-order chi connectivity index (χ1) is 15.9. The molecule has 3 heterocycles. The third-order valence-electron chi connectivity index (χ3n) is 4.77. The van der Waals surface area contributed by atoms with Crippen LogP contribution in [0.1, 0.15) is 24.8 Å². The second-order valence-electron chi connectivity index (χ2n) is 7.22. The average molecular weight is 467 g/mol. The van der Waals surface area contributed by atoms with Gasteiger partial charge in [-0.1, -0.05) is 0 Å². The Kier molecular flexibility index (Phi) is 11.0. The zero-order valence-corrected chi connectivity index (χ0v) is 18.5. The van der Waals surface area contributed by atoms with E-state index in [2.05, 4.69) is 45.3 Å². The standard InChI is InChI=1S/C12H15N3.C7H5F3O.C4H9NO2/c1-10-9-13-15-7-4-11(8-12(10)15)14-5-2-3-6-14;8-5-1-3-6(4-2-5)11-7(9)10;6-3-1-2-5-4-7/h4,7-9H,2-3,5-6H2,1H3;1-4,7H;4,6H,1-3H2,(H,5,7). The lowest BCUT2D eigenvalue weighted by atomic mass is 10.2. The van der Waals surface area contributed by atoms with Crippen molar-refractivity contribution in [2.24, 2.45) is 0 Å². The first kappa shape index (κ1) is 26.0. The highest BCUT2D eigenvalue weighted by molar-refractivity contribution is 5.63. The van der Waals surface area contributed by atoms with Gasteiger partial charge < -0.3 is 20.1 Å². The maximum Gasteiger partial charge on any atom is 0.387 e. The Morgan fingerprint density at radius 2 is 1.91 bits per heavy atom. The number of rotatable bonds is 7. The lowest BCUT2D eigenvalue weighted by Crippen LogP contribution is -2.17. The lowest BCUT2D eigenvalue weighted by molar-refractivity contribution is -0.109. The summed E-state index contributed by atoms with van der Waals surface area (Å²) in [6.07, 6.45) is 7.88. The summed E-state index contributed by atoms with van der Waals surface area (Å²) in [6, 6.07) is 8.79. The Morgan fingerprint density at radius 3 is 2.52 bits per heavy atom. The van der Waals surface area contributed by atoms with Crippen molar-refractivity contribution in [1.82, 2.24) is 14.9 Å². The predicted molar refractivity (Wildman–Crippen MR) is 120 cm³/mol. The Balaban J connectivity index is 0.000000190. The van der Waals surface area contributed by atoms with Crippen LogP contribution in [0.15, 0.2) is 48.8 Å². The number of hydrogen-bond donors (Lipinski definition) is 2. The molecule has 1 amide bonds. The number of hydrogen-bond acceptors (Lipinski definition) is 5. The fourth-order valence-electron chi connectivity index (χ4n) is 3.12. The third-order valence-corrected chi connectivity index (χ3v) is 4.77. The number of aromatic nitrogens is 2. The van der Waals surface area contributed by atoms with Crippen molar-refractivity contribution >= 4 is 17.6 Å². The van der Waals surface area contributed by atoms with Gasteiger partial charge in [0, 0.05) is 38.1 Å². The van der Waals surface area contributed by atoms with Crippen LogP contribution >= 0.6 is 0 Å². The van der Waals surface area contributed by atoms with Gasteiger partial charge in [0.1, 0.15) is 11.6 Å². The summed E-state index contributed by atoms with van der Waals surface area (Å²) in [6.45, 7) is 2.35. The number of aryl methyl sites for hydroxylation is 1. The van der Waals surface area contributed by atoms with Gasteiger partial charge in [-0.15, -0.1) is 0 Å². The number of pyridine rings is 1. The number of nitrogens with zero attached hydrogens (tertiary/aromatic N) is 3. The molecule has 0 aliphatic carbocycles. The van der Waals surface area contributed by atoms with E-state index in [9.17, 15) is 18.0 Å². The molecule has 0 unspecified atom stereocenters. The summed E-state index contributed by atoms with van der Waals surface area (Å²) in [5, 5.41) is 14.8. The van der Waals surface area contributed by atoms with Crippen LogP contribution < -0.4 is 15.0 Å². The minimum atomic E-state index is -2.86. The van der Waals surface area contributed by atoms with Gasteiger partial charge in [0.25, 0.3) is 0 Å². The fourth-order valence-corrected chi connectivity index (χ4v) is 3.12. The summed E-state index contributed by atoms with van der Waals surface area (Å²) in [5.41, 5.74) is 3.80. The molecule has 1 aromatic carbocycles. The van der Waals surface area contributed by atoms with E-state index in [0.29, 0.717) is 19.4 Å². The Labute approximate surface area is 190 Å². The van der Waals surface area contributed by atoms with E-state index < -0.39 is 12.4 Å². The predicted octanol–water partition coefficient (Wildman–Crippen LogP) is 3.78. The zero-order valence-electron chi connectivity index (χ0n) is 18.5. The monoisotopic (exact) mass is 466 g/mol. The number of benzene rings is 1. The first-order valence-electron chi connectivity index (χ1n) is 10.6. The highest BCUT2D eigenvalue weighted by Crippen LogP contribution is 2.22. The van der Waals surface area contributed by atoms with Crippen LogP contribution in [0.5, 0.6) is 5.75 Å². The van der Waals surface area contributed by atoms with E-state index in [1.165, 1.54) is 42.7 Å². The maximum absolute atomic E-state index is 12.2. The first-order valence-corrected chi connectivity index (χ1v) is 10.6. The molecule has 1 saturated heterocycles. The number of halogens is 3. The van der Waals surface area contributed by atoms with Gasteiger partial charge in [-0.25, -0.2) is 8.91 Å². The smallest absolute Gasteiger partial charge is 0.387 e. The molecule has 0 atom stereocenters. The van der Waals surface area contributed by atoms with Crippen LogP contribution in [0, 0.1) is 12.7 Å². The number of fused-ring (bicyclic) bond motifs is 1. The summed E-state index contributed by atoms with van der Waals surface area (Å²) in [7, 11) is 0. The topological polar surface area (TPSA) is 79.1 Å². The quantitative estimate of drug-likeness (QED) is 0.409. The molecule has 180 valence electrons. The molecule has 7 nitrogen and oxygen atoms in total. The molecule has 0 saturated carbocycles. The number of carbonyl (C=O) groups excluding carboxylic acids is 1. The van der Waals surface area contributed by atoms with Gasteiger partial charge in [-0.3, -0.25) is 4.79 Å². The van der Waals surface area contributed by atoms with Gasteiger partial charge in [-0.2, -0.15) is 13.9 Å². The highest BCUT2D eigenvalue weighted by atomic mass is 19.3. The van der Waals surface area contributed by atoms with Crippen molar-refractivity contribution in [3.63, 3.8) is 0 Å². The number of carbonyl (C=O) groups is 1. The number of ether oxygens (including phenoxy) is 1. The van der Waals surface area contributed by atoms with Gasteiger partial charge >= 0.3 is 6.61 Å². The molecule has 2 aromatic heterocycles. The largest absolute Gasteiger partial charge is 0.435 e. The number of amides is 1. The summed E-state index contributed by atoms with van der Waals surface area (Å²) in [5.74, 6) is -0.520. The van der Waals surface area contributed by atoms with Gasteiger partial charge in [0.2, 0.25) is 6.41 Å². The van der Waals surface area contributed by atoms with Crippen molar-refractivity contribution in [2.45, 2.75) is 32.8 Å². The van der Waals surface area contributed by atoms with E-state index in [4.69, 9.17) is 5.11 Å². The molecule has 1 aliphatic heterocycles. The van der Waals surface area contributed by atoms with Crippen molar-refractivity contribution < 1.29 is 27.8 Å². The molecule has 0 spiro atoms. The van der Waals surface area contributed by atoms with E-state index in [-0.39, 0.29) is 12.4 Å². The van der Waals surface area contributed by atoms with Crippen molar-refractivity contribution in [3.05, 3.63) is 60.2 Å². The molecule has 0 bridgehead atoms. The van der Waals surface area contributed by atoms with Gasteiger partial charge in [0.15, 0.2) is 0 Å². The third kappa shape index (κ3) is 9.01. The van der Waals surface area contributed by atoms with Crippen LogP contribution in [-0.4, -0.2) is 54.0 Å². The fraction of sp³-hybridized carbons (Fsp3) is 0.391. The van der Waals surface area contributed by atoms with E-state index in [0.717, 1.165) is 24.3 Å². The molecule has 0 radical (unpaired) electrons. The van der Waals surface area contributed by atoms with Crippen LogP contribution in [0.4, 0.5) is 18.9 Å². The molecule has 4 rings (SSSR count). The van der Waals surface area contributed by atoms with E-state index >= 15 is 0 Å². The second-order valence-corrected chi connectivity index (χ2v) is 7.22. The number of nitrogens with one attached hydrogen (secondary N) is 1. The molecular formula is C23H29F3N4O3. The Morgan fingerprint density at radius 1 is 1.21 bits per heavy atom. The van der Waals surface area contributed by atoms with Crippen LogP contribution in [-0.2, 0) is 4.79 Å². The number of aliphatic hydroxyl groups excluding tert-OH is 1. The lowest BCUT2D eigenvalue weighted by Gasteiger charge is -2.17. The SMILES string of the molecule is Cc1cnn2ccc(N3CCCC3)cc12.Fc1ccc(OC(F)F)cc1.O=CNCCCO. The van der Waals surface area contributed by atoms with Gasteiger partial charge in [-0.05, 0) is 68.1 Å². The van der Waals surface area contributed by atoms with Crippen LogP contribution in [0.2, 0.25) is 0 Å². The highest BCUT2D eigenvalue weighted by Gasteiger charge is 2.13. The number of alkyl halides is 2. The van der Waals surface area contributed by atoms with E-state index in [1.807, 2.05) is 10.7 Å². The minimum Gasteiger partial charge on any atom is -0.435 e. The summed E-state index contributed by atoms with van der Waals surface area (Å²) in [4.78, 5) is 11.9. The van der Waals surface area contributed by atoms with E-state index in [1.54, 1.807) is 0 Å². The molecule has 10 heteroatoms. The van der Waals surface area contributed by atoms with Crippen LogP contribution in [0.3, 0.4) is 0 Å². The van der Waals surface area contributed by atoms with Crippen molar-refractivity contribution in [1.29, 1.82) is 0 Å². The van der Waals surface area contributed by atoms with Crippen molar-refractivity contribution in [2.75, 3.05) is 31.1 Å². The van der Waals surface area contributed by atoms with Crippen LogP contribution in [0.25, 0.3) is 5.52 Å².